The summed E-state index contributed by atoms with van der Waals surface area (Å²) >= 11 is 6.37. The molecule has 0 spiro atoms. The fourth-order valence-electron chi connectivity index (χ4n) is 4.77. The lowest BCUT2D eigenvalue weighted by atomic mass is 9.84. The molecule has 4 nitrogen and oxygen atoms in total. The smallest absolute Gasteiger partial charge is 0.166 e. The van der Waals surface area contributed by atoms with E-state index in [0.29, 0.717) is 0 Å². The first-order valence-corrected chi connectivity index (χ1v) is 15.3. The number of likely N-dealkylation sites (N-methyl/N-ethyl adjacent to an activating group) is 1. The van der Waals surface area contributed by atoms with Crippen molar-refractivity contribution >= 4 is 41.0 Å². The van der Waals surface area contributed by atoms with Gasteiger partial charge in [0.1, 0.15) is 11.5 Å². The average molecular weight is 539 g/mol. The Balaban J connectivity index is 1.45. The number of methoxy groups -OCH3 is 1. The van der Waals surface area contributed by atoms with Crippen molar-refractivity contribution in [2.45, 2.75) is 19.3 Å². The highest BCUT2D eigenvalue weighted by molar-refractivity contribution is 8.17. The number of ether oxygens (including phenoxy) is 1. The van der Waals surface area contributed by atoms with Crippen molar-refractivity contribution in [2.75, 3.05) is 19.1 Å². The maximum atomic E-state index is 6.70. The summed E-state index contributed by atoms with van der Waals surface area (Å²) in [6, 6.07) is 34.3. The summed E-state index contributed by atoms with van der Waals surface area (Å²) in [6.45, 7) is 4.51. The van der Waals surface area contributed by atoms with Crippen LogP contribution in [0.3, 0.4) is 0 Å². The summed E-state index contributed by atoms with van der Waals surface area (Å²) in [6.07, 6.45) is -0.749. The summed E-state index contributed by atoms with van der Waals surface area (Å²) in [5.74, 6) is 3.76. The van der Waals surface area contributed by atoms with Gasteiger partial charge in [0.15, 0.2) is 6.26 Å². The molecule has 0 saturated heterocycles. The van der Waals surface area contributed by atoms with Gasteiger partial charge in [-0.2, -0.15) is 0 Å². The number of allylic oxidation sites excluding steroid dienone is 1. The largest absolute Gasteiger partial charge is 0.497 e. The molecule has 1 heterocycles. The lowest BCUT2D eigenvalue weighted by Gasteiger charge is -2.28. The molecule has 5 rings (SSSR count). The zero-order valence-electron chi connectivity index (χ0n) is 22.0. The molecule has 1 aliphatic rings. The van der Waals surface area contributed by atoms with E-state index in [2.05, 4.69) is 73.0 Å². The topological polar surface area (TPSA) is 34.1 Å². The molecule has 4 aromatic carbocycles. The number of aliphatic imine (C=N–C) groups is 1. The lowest BCUT2D eigenvalue weighted by molar-refractivity contribution is 0.415. The van der Waals surface area contributed by atoms with Crippen molar-refractivity contribution in [1.82, 2.24) is 0 Å². The summed E-state index contributed by atoms with van der Waals surface area (Å²) in [7, 11) is 3.77. The number of fused-ring (bicyclic) bond motifs is 1. The minimum Gasteiger partial charge on any atom is -0.497 e. The van der Waals surface area contributed by atoms with E-state index < -0.39 is 6.26 Å². The number of rotatable bonds is 7. The molecule has 0 bridgehead atoms. The Labute approximate surface area is 230 Å². The molecule has 0 aliphatic carbocycles. The van der Waals surface area contributed by atoms with E-state index in [0.717, 1.165) is 33.8 Å². The van der Waals surface area contributed by atoms with Gasteiger partial charge in [-0.25, -0.2) is 0 Å². The second-order valence-electron chi connectivity index (χ2n) is 9.76. The van der Waals surface area contributed by atoms with Crippen LogP contribution in [-0.4, -0.2) is 20.4 Å². The molecule has 0 N–H and O–H groups in total. The van der Waals surface area contributed by atoms with Crippen molar-refractivity contribution < 1.29 is 9.26 Å². The third-order valence-corrected chi connectivity index (χ3v) is 10.2. The van der Waals surface area contributed by atoms with E-state index in [4.69, 9.17) is 21.1 Å². The van der Waals surface area contributed by atoms with Crippen molar-refractivity contribution in [3.8, 4) is 11.5 Å². The molecular formula is C32H31N2O2PS. The Kier molecular flexibility index (Phi) is 7.25. The molecule has 192 valence electrons. The number of benzene rings is 4. The van der Waals surface area contributed by atoms with Gasteiger partial charge in [0.25, 0.3) is 0 Å². The Hall–Kier alpha value is -3.66. The molecule has 0 fully saturated rings. The van der Waals surface area contributed by atoms with Crippen LogP contribution in [0.1, 0.15) is 25.0 Å². The van der Waals surface area contributed by atoms with Crippen LogP contribution >= 0.6 is 6.26 Å². The number of hydrogen-bond donors (Lipinski definition) is 0. The Bertz CT molecular complexity index is 1530. The predicted molar refractivity (Wildman–Crippen MR) is 164 cm³/mol. The summed E-state index contributed by atoms with van der Waals surface area (Å²) in [4.78, 5) is 6.82. The van der Waals surface area contributed by atoms with Crippen molar-refractivity contribution in [3.05, 3.63) is 126 Å². The molecule has 38 heavy (non-hydrogen) atoms. The number of para-hydroxylation sites is 1. The number of anilines is 1. The van der Waals surface area contributed by atoms with Crippen LogP contribution in [-0.2, 0) is 17.2 Å². The average Bonchev–Trinajstić information content (AvgIpc) is 3.14. The van der Waals surface area contributed by atoms with Crippen LogP contribution in [0.5, 0.6) is 11.5 Å². The van der Waals surface area contributed by atoms with Gasteiger partial charge in [-0.3, -0.25) is 4.99 Å². The first kappa shape index (κ1) is 26.0. The van der Waals surface area contributed by atoms with Gasteiger partial charge in [-0.05, 0) is 77.5 Å². The second kappa shape index (κ2) is 10.6. The van der Waals surface area contributed by atoms with Gasteiger partial charge < -0.3 is 14.2 Å². The van der Waals surface area contributed by atoms with E-state index in [-0.39, 0.29) is 5.41 Å². The lowest BCUT2D eigenvalue weighted by Crippen LogP contribution is -2.24. The highest BCUT2D eigenvalue weighted by Gasteiger charge is 2.40. The summed E-state index contributed by atoms with van der Waals surface area (Å²) in [5.41, 5.74) is 5.32. The fourth-order valence-corrected chi connectivity index (χ4v) is 7.84. The van der Waals surface area contributed by atoms with Crippen LogP contribution in [0, 0.1) is 0 Å². The van der Waals surface area contributed by atoms with Crippen molar-refractivity contribution in [3.63, 3.8) is 0 Å². The van der Waals surface area contributed by atoms with Crippen molar-refractivity contribution in [1.29, 1.82) is 0 Å². The van der Waals surface area contributed by atoms with Gasteiger partial charge in [-0.1, -0.05) is 62.4 Å². The molecule has 1 aliphatic heterocycles. The van der Waals surface area contributed by atoms with Gasteiger partial charge >= 0.3 is 0 Å². The van der Waals surface area contributed by atoms with Crippen LogP contribution in [0.2, 0.25) is 0 Å². The molecule has 1 unspecified atom stereocenters. The van der Waals surface area contributed by atoms with Gasteiger partial charge in [-0.15, -0.1) is 0 Å². The SMILES string of the molecule is COc1ccc(N=Cc2ccc(OP(=S)(C=C3N(C)c4ccccc4C3(C)C)c3ccccc3)cc2)cc1. The summed E-state index contributed by atoms with van der Waals surface area (Å²) < 4.78 is 11.9. The first-order valence-electron chi connectivity index (χ1n) is 12.5. The fraction of sp³-hybridized carbons (Fsp3) is 0.156. The normalized spacial score (nSPS) is 16.8. The highest BCUT2D eigenvalue weighted by atomic mass is 32.4. The van der Waals surface area contributed by atoms with Gasteiger partial charge in [0.05, 0.1) is 12.8 Å². The monoisotopic (exact) mass is 538 g/mol. The molecule has 4 aromatic rings. The maximum absolute atomic E-state index is 6.70. The molecule has 1 atom stereocenters. The zero-order valence-corrected chi connectivity index (χ0v) is 23.7. The third kappa shape index (κ3) is 5.18. The van der Waals surface area contributed by atoms with Gasteiger partial charge in [0.2, 0.25) is 0 Å². The Morgan fingerprint density at radius 3 is 2.11 bits per heavy atom. The standard InChI is InChI=1S/C32H31N2O2PS/c1-32(2)29-12-8-9-13-30(29)34(3)31(32)23-37(38,28-10-6-5-7-11-28)36-27-18-14-24(15-19-27)22-33-25-16-20-26(35-4)21-17-25/h5-23H,1-4H3. The minimum atomic E-state index is -2.59. The first-order chi connectivity index (χ1) is 18.3. The Morgan fingerprint density at radius 2 is 1.45 bits per heavy atom. The van der Waals surface area contributed by atoms with Crippen LogP contribution < -0.4 is 19.5 Å². The number of nitrogens with zero attached hydrogens (tertiary/aromatic N) is 2. The molecular weight excluding hydrogens is 507 g/mol. The second-order valence-corrected chi connectivity index (χ2v) is 13.5. The molecule has 0 amide bonds. The van der Waals surface area contributed by atoms with Crippen LogP contribution in [0.4, 0.5) is 11.4 Å². The quantitative estimate of drug-likeness (QED) is 0.178. The zero-order chi connectivity index (χ0) is 26.8. The molecule has 0 radical (unpaired) electrons. The van der Waals surface area contributed by atoms with E-state index >= 15 is 0 Å². The van der Waals surface area contributed by atoms with E-state index in [1.54, 1.807) is 7.11 Å². The van der Waals surface area contributed by atoms with E-state index in [1.807, 2.05) is 72.9 Å². The molecule has 0 saturated carbocycles. The maximum Gasteiger partial charge on any atom is 0.166 e. The predicted octanol–water partition coefficient (Wildman–Crippen LogP) is 7.81. The summed E-state index contributed by atoms with van der Waals surface area (Å²) in [5, 5.41) is 1.02. The van der Waals surface area contributed by atoms with E-state index in [1.165, 1.54) is 11.3 Å². The number of hydrogen-bond acceptors (Lipinski definition) is 5. The van der Waals surface area contributed by atoms with Gasteiger partial charge in [0, 0.05) is 41.2 Å². The van der Waals surface area contributed by atoms with Crippen LogP contribution in [0.25, 0.3) is 0 Å². The highest BCUT2D eigenvalue weighted by Crippen LogP contribution is 2.55. The molecule has 6 heteroatoms. The third-order valence-electron chi connectivity index (χ3n) is 6.91. The minimum absolute atomic E-state index is 0.185. The van der Waals surface area contributed by atoms with Crippen LogP contribution in [0.15, 0.2) is 120 Å². The van der Waals surface area contributed by atoms with Crippen molar-refractivity contribution in [2.24, 2.45) is 4.99 Å². The Morgan fingerprint density at radius 1 is 0.816 bits per heavy atom. The van der Waals surface area contributed by atoms with E-state index in [9.17, 15) is 0 Å². The molecule has 0 aromatic heterocycles.